The highest BCUT2D eigenvalue weighted by atomic mass is 32.1. The molecular formula is C21H22N4O2S. The van der Waals surface area contributed by atoms with Crippen LogP contribution in [-0.2, 0) is 4.74 Å². The second-order valence-electron chi connectivity index (χ2n) is 7.03. The monoisotopic (exact) mass is 394 g/mol. The lowest BCUT2D eigenvalue weighted by Gasteiger charge is -2.28. The second-order valence-corrected chi connectivity index (χ2v) is 8.08. The van der Waals surface area contributed by atoms with Crippen molar-refractivity contribution in [3.05, 3.63) is 41.3 Å². The van der Waals surface area contributed by atoms with Crippen LogP contribution in [0.25, 0.3) is 27.2 Å². The fourth-order valence-electron chi connectivity index (χ4n) is 3.68. The number of benzene rings is 1. The molecule has 0 saturated carbocycles. The van der Waals surface area contributed by atoms with E-state index in [0.717, 1.165) is 54.2 Å². The molecule has 2 aromatic heterocycles. The molecule has 2 aliphatic heterocycles. The van der Waals surface area contributed by atoms with Gasteiger partial charge in [0.15, 0.2) is 11.6 Å². The lowest BCUT2D eigenvalue weighted by molar-refractivity contribution is 0.122. The number of thiophene rings is 1. The molecule has 0 amide bonds. The van der Waals surface area contributed by atoms with E-state index in [1.807, 2.05) is 12.1 Å². The van der Waals surface area contributed by atoms with Gasteiger partial charge in [-0.2, -0.15) is 0 Å². The van der Waals surface area contributed by atoms with E-state index < -0.39 is 0 Å². The molecule has 0 atom stereocenters. The fourth-order valence-corrected chi connectivity index (χ4v) is 4.87. The third-order valence-electron chi connectivity index (χ3n) is 5.15. The van der Waals surface area contributed by atoms with Crippen molar-refractivity contribution in [2.24, 2.45) is 0 Å². The Labute approximate surface area is 167 Å². The van der Waals surface area contributed by atoms with Crippen molar-refractivity contribution < 1.29 is 9.84 Å². The van der Waals surface area contributed by atoms with Gasteiger partial charge in [-0.1, -0.05) is 18.2 Å². The quantitative estimate of drug-likeness (QED) is 0.711. The maximum atomic E-state index is 9.89. The first-order valence-corrected chi connectivity index (χ1v) is 10.4. The average Bonchev–Trinajstić information content (AvgIpc) is 3.19. The van der Waals surface area contributed by atoms with Crippen LogP contribution in [0, 0.1) is 0 Å². The number of nitrogens with one attached hydrogen (secondary N) is 1. The second kappa shape index (κ2) is 7.50. The molecule has 2 aliphatic rings. The largest absolute Gasteiger partial charge is 0.508 e. The molecule has 0 bridgehead atoms. The van der Waals surface area contributed by atoms with Crippen molar-refractivity contribution >= 4 is 32.9 Å². The Kier molecular flexibility index (Phi) is 4.72. The number of ether oxygens (including phenoxy) is 1. The van der Waals surface area contributed by atoms with E-state index in [0.29, 0.717) is 19.0 Å². The minimum Gasteiger partial charge on any atom is -0.508 e. The van der Waals surface area contributed by atoms with Crippen molar-refractivity contribution in [1.29, 1.82) is 0 Å². The van der Waals surface area contributed by atoms with Crippen LogP contribution < -0.4 is 10.2 Å². The molecule has 5 rings (SSSR count). The van der Waals surface area contributed by atoms with E-state index in [-0.39, 0.29) is 5.75 Å². The van der Waals surface area contributed by atoms with Gasteiger partial charge in [0.05, 0.1) is 23.4 Å². The van der Waals surface area contributed by atoms with Crippen LogP contribution in [0.1, 0.15) is 11.3 Å². The van der Waals surface area contributed by atoms with Crippen LogP contribution in [0.3, 0.4) is 0 Å². The van der Waals surface area contributed by atoms with Crippen molar-refractivity contribution in [1.82, 2.24) is 15.3 Å². The van der Waals surface area contributed by atoms with Crippen LogP contribution >= 0.6 is 11.3 Å². The SMILES string of the molecule is Oc1cccc(-c2nc(N3CCOCC3)c3sc(C4=CCNCC4)cc3n2)c1. The molecule has 3 aromatic rings. The van der Waals surface area contributed by atoms with Crippen LogP contribution in [0.5, 0.6) is 5.75 Å². The normalized spacial score (nSPS) is 17.7. The maximum Gasteiger partial charge on any atom is 0.162 e. The third kappa shape index (κ3) is 3.37. The maximum absolute atomic E-state index is 9.89. The van der Waals surface area contributed by atoms with Crippen molar-refractivity contribution in [3.8, 4) is 17.1 Å². The number of phenols is 1. The summed E-state index contributed by atoms with van der Waals surface area (Å²) in [7, 11) is 0. The van der Waals surface area contributed by atoms with Gasteiger partial charge in [0.1, 0.15) is 5.75 Å². The Balaban J connectivity index is 1.66. The Hall–Kier alpha value is -2.48. The molecule has 144 valence electrons. The lowest BCUT2D eigenvalue weighted by atomic mass is 10.1. The molecule has 1 fully saturated rings. The molecule has 7 heteroatoms. The Morgan fingerprint density at radius 2 is 2.04 bits per heavy atom. The highest BCUT2D eigenvalue weighted by Gasteiger charge is 2.21. The Morgan fingerprint density at radius 1 is 1.14 bits per heavy atom. The third-order valence-corrected chi connectivity index (χ3v) is 6.34. The summed E-state index contributed by atoms with van der Waals surface area (Å²) in [5.41, 5.74) is 3.17. The number of rotatable bonds is 3. The summed E-state index contributed by atoms with van der Waals surface area (Å²) in [5.74, 6) is 1.84. The van der Waals surface area contributed by atoms with Crippen LogP contribution in [0.15, 0.2) is 36.4 Å². The standard InChI is InChI=1S/C21H22N4O2S/c26-16-3-1-2-15(12-16)20-23-17-13-18(14-4-6-22-7-5-14)28-19(17)21(24-20)25-8-10-27-11-9-25/h1-4,12-13,22,26H,5-11H2. The molecule has 28 heavy (non-hydrogen) atoms. The zero-order chi connectivity index (χ0) is 18.9. The zero-order valence-corrected chi connectivity index (χ0v) is 16.3. The summed E-state index contributed by atoms with van der Waals surface area (Å²) in [6.45, 7) is 5.00. The van der Waals surface area contributed by atoms with Crippen LogP contribution in [0.4, 0.5) is 5.82 Å². The van der Waals surface area contributed by atoms with Crippen molar-refractivity contribution in [2.75, 3.05) is 44.3 Å². The van der Waals surface area contributed by atoms with Gasteiger partial charge in [-0.3, -0.25) is 0 Å². The molecule has 4 heterocycles. The van der Waals surface area contributed by atoms with Gasteiger partial charge in [0, 0.05) is 30.1 Å². The predicted octanol–water partition coefficient (Wildman–Crippen LogP) is 3.28. The van der Waals surface area contributed by atoms with E-state index >= 15 is 0 Å². The van der Waals surface area contributed by atoms with Crippen LogP contribution in [0.2, 0.25) is 0 Å². The number of morpholine rings is 1. The van der Waals surface area contributed by atoms with Gasteiger partial charge < -0.3 is 20.1 Å². The summed E-state index contributed by atoms with van der Waals surface area (Å²) in [6, 6.07) is 9.33. The van der Waals surface area contributed by atoms with Gasteiger partial charge in [0.25, 0.3) is 0 Å². The van der Waals surface area contributed by atoms with Crippen LogP contribution in [-0.4, -0.2) is 54.5 Å². The number of aromatic nitrogens is 2. The molecule has 0 unspecified atom stereocenters. The molecular weight excluding hydrogens is 372 g/mol. The summed E-state index contributed by atoms with van der Waals surface area (Å²) < 4.78 is 6.66. The molecule has 1 saturated heterocycles. The first kappa shape index (κ1) is 17.6. The first-order chi connectivity index (χ1) is 13.8. The number of nitrogens with zero attached hydrogens (tertiary/aromatic N) is 3. The van der Waals surface area contributed by atoms with E-state index in [1.54, 1.807) is 23.5 Å². The van der Waals surface area contributed by atoms with E-state index in [4.69, 9.17) is 14.7 Å². The Morgan fingerprint density at radius 3 is 2.82 bits per heavy atom. The first-order valence-electron chi connectivity index (χ1n) is 9.62. The average molecular weight is 395 g/mol. The summed E-state index contributed by atoms with van der Waals surface area (Å²) in [5, 5.41) is 13.3. The van der Waals surface area contributed by atoms with Gasteiger partial charge >= 0.3 is 0 Å². The van der Waals surface area contributed by atoms with Crippen molar-refractivity contribution in [2.45, 2.75) is 6.42 Å². The van der Waals surface area contributed by atoms with E-state index in [1.165, 1.54) is 10.5 Å². The number of phenolic OH excluding ortho intramolecular Hbond substituents is 1. The Bertz CT molecular complexity index is 1040. The van der Waals surface area contributed by atoms with E-state index in [2.05, 4.69) is 22.4 Å². The summed E-state index contributed by atoms with van der Waals surface area (Å²) >= 11 is 1.78. The van der Waals surface area contributed by atoms with Gasteiger partial charge in [-0.25, -0.2) is 9.97 Å². The van der Waals surface area contributed by atoms with Crippen molar-refractivity contribution in [3.63, 3.8) is 0 Å². The van der Waals surface area contributed by atoms with Gasteiger partial charge in [0.2, 0.25) is 0 Å². The van der Waals surface area contributed by atoms with E-state index in [9.17, 15) is 5.11 Å². The van der Waals surface area contributed by atoms with Gasteiger partial charge in [-0.05, 0) is 36.7 Å². The predicted molar refractivity (Wildman–Crippen MR) is 113 cm³/mol. The molecule has 0 spiro atoms. The zero-order valence-electron chi connectivity index (χ0n) is 15.5. The van der Waals surface area contributed by atoms with Gasteiger partial charge in [-0.15, -0.1) is 11.3 Å². The summed E-state index contributed by atoms with van der Waals surface area (Å²) in [6.07, 6.45) is 3.30. The molecule has 1 aromatic carbocycles. The lowest BCUT2D eigenvalue weighted by Crippen LogP contribution is -2.36. The number of fused-ring (bicyclic) bond motifs is 1. The fraction of sp³-hybridized carbons (Fsp3) is 0.333. The molecule has 2 N–H and O–H groups in total. The molecule has 0 aliphatic carbocycles. The molecule has 0 radical (unpaired) electrons. The minimum absolute atomic E-state index is 0.222. The number of hydrogen-bond acceptors (Lipinski definition) is 7. The smallest absolute Gasteiger partial charge is 0.162 e. The number of hydrogen-bond donors (Lipinski definition) is 2. The summed E-state index contributed by atoms with van der Waals surface area (Å²) in [4.78, 5) is 13.3. The number of anilines is 1. The highest BCUT2D eigenvalue weighted by Crippen LogP contribution is 2.38. The highest BCUT2D eigenvalue weighted by molar-refractivity contribution is 7.20. The topological polar surface area (TPSA) is 70.5 Å². The number of aromatic hydroxyl groups is 1. The minimum atomic E-state index is 0.222. The molecule has 6 nitrogen and oxygen atoms in total.